The third kappa shape index (κ3) is 6.59. The molecular formula is C20H33N5O6S. The number of hydrogen-bond donors (Lipinski definition) is 2. The first kappa shape index (κ1) is 24.8. The van der Waals surface area contributed by atoms with Gasteiger partial charge in [-0.2, -0.15) is 0 Å². The zero-order valence-corrected chi connectivity index (χ0v) is 19.5. The second-order valence-electron chi connectivity index (χ2n) is 8.36. The topological polar surface area (TPSA) is 126 Å². The monoisotopic (exact) mass is 471 g/mol. The first-order valence-corrected chi connectivity index (χ1v) is 12.3. The van der Waals surface area contributed by atoms with Crippen LogP contribution in [0.25, 0.3) is 0 Å². The molecule has 0 radical (unpaired) electrons. The van der Waals surface area contributed by atoms with Crippen molar-refractivity contribution in [1.82, 2.24) is 14.5 Å². The molecule has 3 rings (SSSR count). The molecule has 2 fully saturated rings. The average Bonchev–Trinajstić information content (AvgIpc) is 3.28. The summed E-state index contributed by atoms with van der Waals surface area (Å²) in [5.74, 6) is 0.334. The zero-order chi connectivity index (χ0) is 23.1. The highest BCUT2D eigenvalue weighted by Gasteiger charge is 2.32. The van der Waals surface area contributed by atoms with E-state index in [1.54, 1.807) is 0 Å². The maximum Gasteiger partial charge on any atom is 0.293 e. The van der Waals surface area contributed by atoms with E-state index in [9.17, 15) is 18.5 Å². The molecule has 0 aromatic heterocycles. The van der Waals surface area contributed by atoms with Gasteiger partial charge >= 0.3 is 0 Å². The van der Waals surface area contributed by atoms with Crippen molar-refractivity contribution in [1.29, 1.82) is 0 Å². The predicted molar refractivity (Wildman–Crippen MR) is 120 cm³/mol. The Morgan fingerprint density at radius 3 is 2.62 bits per heavy atom. The van der Waals surface area contributed by atoms with Crippen LogP contribution in [0.4, 0.5) is 11.4 Å². The van der Waals surface area contributed by atoms with E-state index in [-0.39, 0.29) is 23.2 Å². The number of nitrogens with zero attached hydrogens (tertiary/aromatic N) is 3. The van der Waals surface area contributed by atoms with Crippen molar-refractivity contribution in [2.24, 2.45) is 5.92 Å². The van der Waals surface area contributed by atoms with E-state index in [0.717, 1.165) is 32.2 Å². The van der Waals surface area contributed by atoms with E-state index >= 15 is 0 Å². The molecule has 0 bridgehead atoms. The van der Waals surface area contributed by atoms with E-state index in [1.807, 2.05) is 19.0 Å². The van der Waals surface area contributed by atoms with Gasteiger partial charge in [0, 0.05) is 57.4 Å². The largest absolute Gasteiger partial charge is 0.381 e. The van der Waals surface area contributed by atoms with Crippen LogP contribution in [0, 0.1) is 16.0 Å². The number of nitro groups is 1. The molecule has 0 spiro atoms. The van der Waals surface area contributed by atoms with Crippen LogP contribution in [0.15, 0.2) is 23.1 Å². The molecule has 12 heteroatoms. The summed E-state index contributed by atoms with van der Waals surface area (Å²) in [6.45, 7) is 5.57. The SMILES string of the molecule is CN(C)CCNS(=O)(=O)c1ccc(NCC(C2CCOC2)N2CCOCC2)c([N+](=O)[O-])c1. The third-order valence-corrected chi connectivity index (χ3v) is 7.31. The Morgan fingerprint density at radius 1 is 1.25 bits per heavy atom. The predicted octanol–water partition coefficient (Wildman–Crippen LogP) is 0.584. The number of benzene rings is 1. The summed E-state index contributed by atoms with van der Waals surface area (Å²) >= 11 is 0. The van der Waals surface area contributed by atoms with Crippen molar-refractivity contribution in [2.45, 2.75) is 17.4 Å². The fourth-order valence-corrected chi connectivity index (χ4v) is 5.08. The molecule has 2 unspecified atom stereocenters. The quantitative estimate of drug-likeness (QED) is 0.352. The highest BCUT2D eigenvalue weighted by molar-refractivity contribution is 7.89. The van der Waals surface area contributed by atoms with Crippen molar-refractivity contribution >= 4 is 21.4 Å². The van der Waals surface area contributed by atoms with Crippen LogP contribution in [-0.2, 0) is 19.5 Å². The van der Waals surface area contributed by atoms with Gasteiger partial charge in [0.25, 0.3) is 5.69 Å². The van der Waals surface area contributed by atoms with E-state index in [2.05, 4.69) is 14.9 Å². The Hall–Kier alpha value is -1.83. The Bertz CT molecular complexity index is 869. The molecule has 0 amide bonds. The molecule has 2 aliphatic heterocycles. The zero-order valence-electron chi connectivity index (χ0n) is 18.7. The lowest BCUT2D eigenvalue weighted by Gasteiger charge is -2.37. The van der Waals surface area contributed by atoms with Crippen molar-refractivity contribution in [3.8, 4) is 0 Å². The molecular weight excluding hydrogens is 438 g/mol. The summed E-state index contributed by atoms with van der Waals surface area (Å²) in [5, 5.41) is 14.9. The van der Waals surface area contributed by atoms with Gasteiger partial charge in [-0.3, -0.25) is 15.0 Å². The lowest BCUT2D eigenvalue weighted by Crippen LogP contribution is -2.50. The summed E-state index contributed by atoms with van der Waals surface area (Å²) in [6.07, 6.45) is 0.946. The molecule has 2 heterocycles. The second-order valence-corrected chi connectivity index (χ2v) is 10.1. The van der Waals surface area contributed by atoms with Crippen molar-refractivity contribution < 1.29 is 22.8 Å². The van der Waals surface area contributed by atoms with Crippen LogP contribution in [-0.4, -0.2) is 102 Å². The molecule has 32 heavy (non-hydrogen) atoms. The van der Waals surface area contributed by atoms with Crippen LogP contribution in [0.1, 0.15) is 6.42 Å². The molecule has 2 N–H and O–H groups in total. The summed E-state index contributed by atoms with van der Waals surface area (Å²) in [4.78, 5) is 15.2. The fraction of sp³-hybridized carbons (Fsp3) is 0.700. The Morgan fingerprint density at radius 2 is 2.00 bits per heavy atom. The second kappa shape index (κ2) is 11.3. The lowest BCUT2D eigenvalue weighted by molar-refractivity contribution is -0.384. The smallest absolute Gasteiger partial charge is 0.293 e. The van der Waals surface area contributed by atoms with Gasteiger partial charge in [-0.1, -0.05) is 0 Å². The van der Waals surface area contributed by atoms with Gasteiger partial charge in [0.1, 0.15) is 5.69 Å². The van der Waals surface area contributed by atoms with Crippen LogP contribution >= 0.6 is 0 Å². The van der Waals surface area contributed by atoms with Crippen molar-refractivity contribution in [3.63, 3.8) is 0 Å². The maximum absolute atomic E-state index is 12.5. The number of morpholine rings is 1. The van der Waals surface area contributed by atoms with E-state index < -0.39 is 14.9 Å². The number of sulfonamides is 1. The molecule has 0 aliphatic carbocycles. The van der Waals surface area contributed by atoms with Gasteiger partial charge in [0.05, 0.1) is 29.6 Å². The van der Waals surface area contributed by atoms with E-state index in [0.29, 0.717) is 44.5 Å². The summed E-state index contributed by atoms with van der Waals surface area (Å²) in [7, 11) is -0.168. The molecule has 0 saturated carbocycles. The van der Waals surface area contributed by atoms with E-state index in [4.69, 9.17) is 9.47 Å². The highest BCUT2D eigenvalue weighted by atomic mass is 32.2. The molecule has 1 aromatic carbocycles. The normalized spacial score (nSPS) is 21.0. The van der Waals surface area contributed by atoms with Gasteiger partial charge in [0.2, 0.25) is 10.0 Å². The summed E-state index contributed by atoms with van der Waals surface area (Å²) in [5.41, 5.74) is 0.0447. The van der Waals surface area contributed by atoms with Gasteiger partial charge in [-0.25, -0.2) is 13.1 Å². The lowest BCUT2D eigenvalue weighted by atomic mass is 9.96. The molecule has 11 nitrogen and oxygen atoms in total. The van der Waals surface area contributed by atoms with Crippen molar-refractivity contribution in [3.05, 3.63) is 28.3 Å². The highest BCUT2D eigenvalue weighted by Crippen LogP contribution is 2.29. The molecule has 2 atom stereocenters. The number of nitro benzene ring substituents is 1. The van der Waals surface area contributed by atoms with Gasteiger partial charge in [0.15, 0.2) is 0 Å². The molecule has 1 aromatic rings. The number of nitrogens with one attached hydrogen (secondary N) is 2. The van der Waals surface area contributed by atoms with Crippen LogP contribution in [0.3, 0.4) is 0 Å². The van der Waals surface area contributed by atoms with Crippen LogP contribution in [0.5, 0.6) is 0 Å². The number of likely N-dealkylation sites (N-methyl/N-ethyl adjacent to an activating group) is 1. The van der Waals surface area contributed by atoms with Crippen LogP contribution in [0.2, 0.25) is 0 Å². The Kier molecular flexibility index (Phi) is 8.79. The van der Waals surface area contributed by atoms with Gasteiger partial charge in [-0.05, 0) is 32.6 Å². The molecule has 2 aliphatic rings. The first-order valence-electron chi connectivity index (χ1n) is 10.8. The number of anilines is 1. The Labute approximate surface area is 189 Å². The number of rotatable bonds is 11. The molecule has 180 valence electrons. The van der Waals surface area contributed by atoms with Crippen LogP contribution < -0.4 is 10.0 Å². The van der Waals surface area contributed by atoms with Gasteiger partial charge < -0.3 is 19.7 Å². The summed E-state index contributed by atoms with van der Waals surface area (Å²) < 4.78 is 38.6. The first-order chi connectivity index (χ1) is 15.3. The number of hydrogen-bond acceptors (Lipinski definition) is 9. The third-order valence-electron chi connectivity index (χ3n) is 5.85. The Balaban J connectivity index is 1.74. The average molecular weight is 472 g/mol. The number of ether oxygens (including phenoxy) is 2. The van der Waals surface area contributed by atoms with Crippen molar-refractivity contribution in [2.75, 3.05) is 78.6 Å². The minimum absolute atomic E-state index is 0.123. The minimum atomic E-state index is -3.84. The van der Waals surface area contributed by atoms with E-state index in [1.165, 1.54) is 12.1 Å². The minimum Gasteiger partial charge on any atom is -0.381 e. The standard InChI is InChI=1S/C20H33N5O6S/c1-23(2)7-6-22-32(28,29)17-3-4-18(19(13-17)25(26)27)21-14-20(16-5-10-31-15-16)24-8-11-30-12-9-24/h3-4,13,16,20-22H,5-12,14-15H2,1-2H3. The fourth-order valence-electron chi connectivity index (χ4n) is 4.04. The molecule has 2 saturated heterocycles. The summed E-state index contributed by atoms with van der Waals surface area (Å²) in [6, 6.07) is 4.13. The van der Waals surface area contributed by atoms with Gasteiger partial charge in [-0.15, -0.1) is 0 Å². The maximum atomic E-state index is 12.5.